The standard InChI is InChI=1S/C20H22O2/c1-3-8-17(9-4-1)14-21-16-19-12-7-13-20(19)22-15-18-10-5-2-6-11-18/h1-12,19-20H,13-16H2/t19-,20+/m1/s1. The number of hydrogen-bond donors (Lipinski definition) is 0. The molecule has 114 valence electrons. The predicted molar refractivity (Wildman–Crippen MR) is 88.4 cm³/mol. The minimum Gasteiger partial charge on any atom is -0.376 e. The van der Waals surface area contributed by atoms with E-state index in [4.69, 9.17) is 9.47 Å². The summed E-state index contributed by atoms with van der Waals surface area (Å²) in [7, 11) is 0. The zero-order valence-electron chi connectivity index (χ0n) is 12.7. The Morgan fingerprint density at radius 1 is 0.818 bits per heavy atom. The minimum atomic E-state index is 0.232. The van der Waals surface area contributed by atoms with Crippen LogP contribution < -0.4 is 0 Å². The van der Waals surface area contributed by atoms with Crippen LogP contribution >= 0.6 is 0 Å². The highest BCUT2D eigenvalue weighted by molar-refractivity contribution is 5.14. The van der Waals surface area contributed by atoms with Crippen LogP contribution in [0.25, 0.3) is 0 Å². The van der Waals surface area contributed by atoms with Crippen LogP contribution in [0.4, 0.5) is 0 Å². The van der Waals surface area contributed by atoms with Gasteiger partial charge in [-0.2, -0.15) is 0 Å². The zero-order chi connectivity index (χ0) is 15.0. The van der Waals surface area contributed by atoms with E-state index in [2.05, 4.69) is 36.4 Å². The highest BCUT2D eigenvalue weighted by Crippen LogP contribution is 2.23. The summed E-state index contributed by atoms with van der Waals surface area (Å²) < 4.78 is 11.9. The molecular formula is C20H22O2. The Labute approximate surface area is 132 Å². The fourth-order valence-electron chi connectivity index (χ4n) is 2.71. The van der Waals surface area contributed by atoms with Crippen LogP contribution in [-0.2, 0) is 22.7 Å². The molecule has 0 saturated heterocycles. The highest BCUT2D eigenvalue weighted by Gasteiger charge is 2.23. The van der Waals surface area contributed by atoms with Gasteiger partial charge in [-0.25, -0.2) is 0 Å². The maximum Gasteiger partial charge on any atom is 0.0721 e. The summed E-state index contributed by atoms with van der Waals surface area (Å²) in [6.07, 6.45) is 5.63. The van der Waals surface area contributed by atoms with Crippen molar-refractivity contribution in [3.63, 3.8) is 0 Å². The monoisotopic (exact) mass is 294 g/mol. The number of benzene rings is 2. The Bertz CT molecular complexity index is 577. The summed E-state index contributed by atoms with van der Waals surface area (Å²) in [5, 5.41) is 0. The summed E-state index contributed by atoms with van der Waals surface area (Å²) in [5.74, 6) is 0.354. The molecule has 0 N–H and O–H groups in total. The third-order valence-corrected chi connectivity index (χ3v) is 3.96. The van der Waals surface area contributed by atoms with Gasteiger partial charge in [0.1, 0.15) is 0 Å². The average molecular weight is 294 g/mol. The lowest BCUT2D eigenvalue weighted by Gasteiger charge is -2.20. The number of ether oxygens (including phenoxy) is 2. The minimum absolute atomic E-state index is 0.232. The molecular weight excluding hydrogens is 272 g/mol. The number of hydrogen-bond acceptors (Lipinski definition) is 2. The average Bonchev–Trinajstić information content (AvgIpc) is 3.02. The van der Waals surface area contributed by atoms with Gasteiger partial charge in [-0.15, -0.1) is 0 Å². The van der Waals surface area contributed by atoms with Crippen molar-refractivity contribution in [3.05, 3.63) is 83.9 Å². The second kappa shape index (κ2) is 7.92. The SMILES string of the molecule is C1=C[C@H](COCc2ccccc2)[C@@H](OCc2ccccc2)C1. The van der Waals surface area contributed by atoms with Crippen LogP contribution in [0.2, 0.25) is 0 Å². The van der Waals surface area contributed by atoms with Gasteiger partial charge in [0.15, 0.2) is 0 Å². The van der Waals surface area contributed by atoms with Crippen molar-refractivity contribution < 1.29 is 9.47 Å². The Morgan fingerprint density at radius 2 is 1.45 bits per heavy atom. The first-order chi connectivity index (χ1) is 10.9. The lowest BCUT2D eigenvalue weighted by Crippen LogP contribution is -2.22. The topological polar surface area (TPSA) is 18.5 Å². The largest absolute Gasteiger partial charge is 0.376 e. The molecule has 2 heteroatoms. The lowest BCUT2D eigenvalue weighted by atomic mass is 10.1. The molecule has 0 saturated carbocycles. The molecule has 0 aromatic heterocycles. The molecule has 2 nitrogen and oxygen atoms in total. The smallest absolute Gasteiger partial charge is 0.0721 e. The first-order valence-corrected chi connectivity index (χ1v) is 7.85. The molecule has 0 aliphatic heterocycles. The van der Waals surface area contributed by atoms with E-state index < -0.39 is 0 Å². The van der Waals surface area contributed by atoms with Gasteiger partial charge in [0.2, 0.25) is 0 Å². The van der Waals surface area contributed by atoms with Crippen LogP contribution in [-0.4, -0.2) is 12.7 Å². The predicted octanol–water partition coefficient (Wildman–Crippen LogP) is 4.36. The summed E-state index contributed by atoms with van der Waals surface area (Å²) in [6, 6.07) is 20.6. The van der Waals surface area contributed by atoms with E-state index in [1.807, 2.05) is 36.4 Å². The van der Waals surface area contributed by atoms with E-state index in [9.17, 15) is 0 Å². The molecule has 0 heterocycles. The molecule has 0 fully saturated rings. The van der Waals surface area contributed by atoms with Crippen LogP contribution in [0.1, 0.15) is 17.5 Å². The summed E-state index contributed by atoms with van der Waals surface area (Å²) in [5.41, 5.74) is 2.43. The van der Waals surface area contributed by atoms with Gasteiger partial charge in [-0.1, -0.05) is 72.8 Å². The van der Waals surface area contributed by atoms with Gasteiger partial charge in [0.25, 0.3) is 0 Å². The van der Waals surface area contributed by atoms with Gasteiger partial charge in [-0.3, -0.25) is 0 Å². The normalized spacial score (nSPS) is 20.4. The Hall–Kier alpha value is -1.90. The van der Waals surface area contributed by atoms with Gasteiger partial charge in [-0.05, 0) is 17.5 Å². The van der Waals surface area contributed by atoms with Gasteiger partial charge in [0.05, 0.1) is 25.9 Å². The third kappa shape index (κ3) is 4.30. The summed E-state index contributed by atoms with van der Waals surface area (Å²) >= 11 is 0. The third-order valence-electron chi connectivity index (χ3n) is 3.96. The lowest BCUT2D eigenvalue weighted by molar-refractivity contribution is -0.0107. The van der Waals surface area contributed by atoms with Crippen LogP contribution in [0, 0.1) is 5.92 Å². The summed E-state index contributed by atoms with van der Waals surface area (Å²) in [4.78, 5) is 0. The molecule has 0 bridgehead atoms. The van der Waals surface area contributed by atoms with Crippen molar-refractivity contribution in [2.45, 2.75) is 25.7 Å². The van der Waals surface area contributed by atoms with Crippen molar-refractivity contribution in [1.29, 1.82) is 0 Å². The van der Waals surface area contributed by atoms with E-state index in [0.29, 0.717) is 25.7 Å². The van der Waals surface area contributed by atoms with Crippen molar-refractivity contribution in [1.82, 2.24) is 0 Å². The first-order valence-electron chi connectivity index (χ1n) is 7.85. The molecule has 1 aliphatic carbocycles. The van der Waals surface area contributed by atoms with Gasteiger partial charge < -0.3 is 9.47 Å². The van der Waals surface area contributed by atoms with Crippen molar-refractivity contribution in [2.24, 2.45) is 5.92 Å². The Morgan fingerprint density at radius 3 is 2.14 bits per heavy atom. The van der Waals surface area contributed by atoms with Gasteiger partial charge in [0, 0.05) is 5.92 Å². The second-order valence-corrected chi connectivity index (χ2v) is 5.66. The first kappa shape index (κ1) is 15.0. The molecule has 2 aromatic rings. The van der Waals surface area contributed by atoms with Crippen molar-refractivity contribution in [3.8, 4) is 0 Å². The Balaban J connectivity index is 1.43. The molecule has 0 radical (unpaired) electrons. The van der Waals surface area contributed by atoms with E-state index in [0.717, 1.165) is 6.42 Å². The molecule has 0 amide bonds. The zero-order valence-corrected chi connectivity index (χ0v) is 12.7. The fraction of sp³-hybridized carbons (Fsp3) is 0.300. The van der Waals surface area contributed by atoms with Crippen LogP contribution in [0.3, 0.4) is 0 Å². The Kier molecular flexibility index (Phi) is 5.41. The van der Waals surface area contributed by atoms with Crippen LogP contribution in [0.15, 0.2) is 72.8 Å². The fourth-order valence-corrected chi connectivity index (χ4v) is 2.71. The van der Waals surface area contributed by atoms with E-state index in [1.54, 1.807) is 0 Å². The van der Waals surface area contributed by atoms with E-state index in [1.165, 1.54) is 11.1 Å². The van der Waals surface area contributed by atoms with Gasteiger partial charge >= 0.3 is 0 Å². The maximum atomic E-state index is 6.06. The maximum absolute atomic E-state index is 6.06. The second-order valence-electron chi connectivity index (χ2n) is 5.66. The summed E-state index contributed by atoms with van der Waals surface area (Å²) in [6.45, 7) is 2.05. The molecule has 2 atom stereocenters. The highest BCUT2D eigenvalue weighted by atomic mass is 16.5. The van der Waals surface area contributed by atoms with Crippen molar-refractivity contribution >= 4 is 0 Å². The van der Waals surface area contributed by atoms with Crippen LogP contribution in [0.5, 0.6) is 0 Å². The van der Waals surface area contributed by atoms with E-state index >= 15 is 0 Å². The molecule has 2 aromatic carbocycles. The quantitative estimate of drug-likeness (QED) is 0.706. The number of rotatable bonds is 7. The van der Waals surface area contributed by atoms with E-state index in [-0.39, 0.29) is 6.10 Å². The molecule has 1 aliphatic rings. The molecule has 0 unspecified atom stereocenters. The van der Waals surface area contributed by atoms with Crippen molar-refractivity contribution in [2.75, 3.05) is 6.61 Å². The molecule has 22 heavy (non-hydrogen) atoms. The molecule has 3 rings (SSSR count). The molecule has 0 spiro atoms.